The van der Waals surface area contributed by atoms with E-state index in [1.54, 1.807) is 42.2 Å². The van der Waals surface area contributed by atoms with Gasteiger partial charge in [0, 0.05) is 5.75 Å². The molecule has 2 aromatic rings. The average Bonchev–Trinajstić information content (AvgIpc) is 2.66. The van der Waals surface area contributed by atoms with Gasteiger partial charge in [-0.05, 0) is 42.3 Å². The SMILES string of the molecule is C[C@@H](SCc1ccccc1)C(=O)N/N=C\c1ccc(OCC#N)cc1. The number of hydrazone groups is 1. The van der Waals surface area contributed by atoms with Gasteiger partial charge in [-0.1, -0.05) is 30.3 Å². The summed E-state index contributed by atoms with van der Waals surface area (Å²) in [7, 11) is 0. The molecule has 6 heteroatoms. The normalized spacial score (nSPS) is 11.7. The second-order valence-corrected chi connectivity index (χ2v) is 6.52. The fourth-order valence-corrected chi connectivity index (χ4v) is 2.74. The number of carbonyl (C=O) groups excluding carboxylic acids is 1. The van der Waals surface area contributed by atoms with Crippen LogP contribution in [-0.4, -0.2) is 24.0 Å². The van der Waals surface area contributed by atoms with Crippen LogP contribution in [0.15, 0.2) is 59.7 Å². The second kappa shape index (κ2) is 10.2. The van der Waals surface area contributed by atoms with E-state index in [-0.39, 0.29) is 17.8 Å². The van der Waals surface area contributed by atoms with Crippen molar-refractivity contribution in [1.82, 2.24) is 5.43 Å². The number of amides is 1. The van der Waals surface area contributed by atoms with Gasteiger partial charge < -0.3 is 4.74 Å². The number of rotatable bonds is 8. The maximum absolute atomic E-state index is 12.0. The number of carbonyl (C=O) groups is 1. The van der Waals surface area contributed by atoms with Crippen LogP contribution in [0.2, 0.25) is 0 Å². The highest BCUT2D eigenvalue weighted by atomic mass is 32.2. The van der Waals surface area contributed by atoms with Gasteiger partial charge in [0.1, 0.15) is 11.8 Å². The number of ether oxygens (including phenoxy) is 1. The highest BCUT2D eigenvalue weighted by Gasteiger charge is 2.12. The predicted octanol–water partition coefficient (Wildman–Crippen LogP) is 3.36. The summed E-state index contributed by atoms with van der Waals surface area (Å²) in [5.41, 5.74) is 4.57. The van der Waals surface area contributed by atoms with Gasteiger partial charge in [-0.2, -0.15) is 10.4 Å². The van der Waals surface area contributed by atoms with Gasteiger partial charge in [0.2, 0.25) is 0 Å². The first-order valence-corrected chi connectivity index (χ1v) is 8.82. The average molecular weight is 353 g/mol. The maximum Gasteiger partial charge on any atom is 0.252 e. The predicted molar refractivity (Wildman–Crippen MR) is 100 cm³/mol. The third kappa shape index (κ3) is 6.69. The van der Waals surface area contributed by atoms with Crippen LogP contribution in [0.1, 0.15) is 18.1 Å². The van der Waals surface area contributed by atoms with E-state index < -0.39 is 0 Å². The molecule has 0 unspecified atom stereocenters. The molecular formula is C19H19N3O2S. The molecule has 0 heterocycles. The Morgan fingerprint density at radius 3 is 2.68 bits per heavy atom. The summed E-state index contributed by atoms with van der Waals surface area (Å²) in [6.45, 7) is 1.88. The van der Waals surface area contributed by atoms with E-state index in [2.05, 4.69) is 10.5 Å². The van der Waals surface area contributed by atoms with Crippen LogP contribution < -0.4 is 10.2 Å². The summed E-state index contributed by atoms with van der Waals surface area (Å²) in [6.07, 6.45) is 1.57. The Morgan fingerprint density at radius 2 is 2.00 bits per heavy atom. The first-order valence-electron chi connectivity index (χ1n) is 7.77. The lowest BCUT2D eigenvalue weighted by atomic mass is 10.2. The molecule has 0 saturated heterocycles. The molecule has 1 N–H and O–H groups in total. The van der Waals surface area contributed by atoms with Gasteiger partial charge in [-0.15, -0.1) is 11.8 Å². The Bertz CT molecular complexity index is 740. The fourth-order valence-electron chi connectivity index (χ4n) is 1.90. The van der Waals surface area contributed by atoms with E-state index in [4.69, 9.17) is 10.00 Å². The molecule has 0 spiro atoms. The lowest BCUT2D eigenvalue weighted by Gasteiger charge is -2.09. The van der Waals surface area contributed by atoms with Crippen LogP contribution in [0.3, 0.4) is 0 Å². The zero-order valence-electron chi connectivity index (χ0n) is 13.9. The third-order valence-electron chi connectivity index (χ3n) is 3.28. The van der Waals surface area contributed by atoms with E-state index in [1.165, 1.54) is 5.56 Å². The van der Waals surface area contributed by atoms with Crippen LogP contribution in [0.4, 0.5) is 0 Å². The summed E-state index contributed by atoms with van der Waals surface area (Å²) < 4.78 is 5.17. The monoisotopic (exact) mass is 353 g/mol. The van der Waals surface area contributed by atoms with Crippen molar-refractivity contribution < 1.29 is 9.53 Å². The smallest absolute Gasteiger partial charge is 0.252 e. The van der Waals surface area contributed by atoms with E-state index >= 15 is 0 Å². The van der Waals surface area contributed by atoms with Crippen LogP contribution in [0.25, 0.3) is 0 Å². The van der Waals surface area contributed by atoms with Crippen molar-refractivity contribution in [2.24, 2.45) is 5.10 Å². The Hall–Kier alpha value is -2.78. The Balaban J connectivity index is 1.76. The highest BCUT2D eigenvalue weighted by Crippen LogP contribution is 2.17. The molecule has 0 fully saturated rings. The van der Waals surface area contributed by atoms with Gasteiger partial charge in [-0.25, -0.2) is 5.43 Å². The summed E-state index contributed by atoms with van der Waals surface area (Å²) >= 11 is 1.56. The lowest BCUT2D eigenvalue weighted by Crippen LogP contribution is -2.26. The van der Waals surface area contributed by atoms with Crippen molar-refractivity contribution in [2.45, 2.75) is 17.9 Å². The molecule has 25 heavy (non-hydrogen) atoms. The highest BCUT2D eigenvalue weighted by molar-refractivity contribution is 7.99. The molecule has 1 atom stereocenters. The van der Waals surface area contributed by atoms with E-state index in [0.29, 0.717) is 5.75 Å². The number of hydrogen-bond donors (Lipinski definition) is 1. The molecular weight excluding hydrogens is 334 g/mol. The first kappa shape index (κ1) is 18.6. The quantitative estimate of drug-likeness (QED) is 0.583. The molecule has 1 amide bonds. The van der Waals surface area contributed by atoms with E-state index in [0.717, 1.165) is 11.3 Å². The lowest BCUT2D eigenvalue weighted by molar-refractivity contribution is -0.120. The van der Waals surface area contributed by atoms with Crippen molar-refractivity contribution in [1.29, 1.82) is 5.26 Å². The molecule has 2 rings (SSSR count). The minimum Gasteiger partial charge on any atom is -0.479 e. The van der Waals surface area contributed by atoms with Gasteiger partial charge in [-0.3, -0.25) is 4.79 Å². The van der Waals surface area contributed by atoms with E-state index in [1.807, 2.05) is 43.3 Å². The van der Waals surface area contributed by atoms with Crippen LogP contribution in [0.5, 0.6) is 5.75 Å². The van der Waals surface area contributed by atoms with Crippen LogP contribution in [-0.2, 0) is 10.5 Å². The number of nitriles is 1. The van der Waals surface area contributed by atoms with Crippen molar-refractivity contribution in [3.05, 3.63) is 65.7 Å². The van der Waals surface area contributed by atoms with E-state index in [9.17, 15) is 4.79 Å². The maximum atomic E-state index is 12.0. The zero-order valence-corrected chi connectivity index (χ0v) is 14.7. The van der Waals surface area contributed by atoms with Gasteiger partial charge >= 0.3 is 0 Å². The molecule has 0 radical (unpaired) electrons. The molecule has 2 aromatic carbocycles. The topological polar surface area (TPSA) is 74.5 Å². The van der Waals surface area contributed by atoms with Crippen molar-refractivity contribution in [3.63, 3.8) is 0 Å². The summed E-state index contributed by atoms with van der Waals surface area (Å²) in [6, 6.07) is 19.0. The zero-order chi connectivity index (χ0) is 17.9. The van der Waals surface area contributed by atoms with Crippen molar-refractivity contribution >= 4 is 23.9 Å². The van der Waals surface area contributed by atoms with Gasteiger partial charge in [0.05, 0.1) is 11.5 Å². The second-order valence-electron chi connectivity index (χ2n) is 5.19. The third-order valence-corrected chi connectivity index (χ3v) is 4.50. The fraction of sp³-hybridized carbons (Fsp3) is 0.211. The molecule has 0 bridgehead atoms. The molecule has 5 nitrogen and oxygen atoms in total. The van der Waals surface area contributed by atoms with Crippen LogP contribution in [0, 0.1) is 11.3 Å². The Kier molecular flexibility index (Phi) is 7.54. The Labute approximate surface area is 151 Å². The van der Waals surface area contributed by atoms with Crippen molar-refractivity contribution in [2.75, 3.05) is 6.61 Å². The number of hydrogen-bond acceptors (Lipinski definition) is 5. The van der Waals surface area contributed by atoms with Gasteiger partial charge in [0.15, 0.2) is 6.61 Å². The number of benzene rings is 2. The first-order chi connectivity index (χ1) is 12.2. The minimum absolute atomic E-state index is 0.0159. The standard InChI is InChI=1S/C19H19N3O2S/c1-15(25-14-17-5-3-2-4-6-17)19(23)22-21-13-16-7-9-18(10-8-16)24-12-11-20/h2-10,13,15H,12,14H2,1H3,(H,22,23)/b21-13-/t15-/m1/s1. The molecule has 0 saturated carbocycles. The molecule has 128 valence electrons. The van der Waals surface area contributed by atoms with Gasteiger partial charge in [0.25, 0.3) is 5.91 Å². The summed E-state index contributed by atoms with van der Waals surface area (Å²) in [5, 5.41) is 12.2. The molecule has 0 aliphatic heterocycles. The van der Waals surface area contributed by atoms with Crippen LogP contribution >= 0.6 is 11.8 Å². The Morgan fingerprint density at radius 1 is 1.28 bits per heavy atom. The number of nitrogens with one attached hydrogen (secondary N) is 1. The number of thioether (sulfide) groups is 1. The largest absolute Gasteiger partial charge is 0.479 e. The molecule has 0 aliphatic carbocycles. The molecule has 0 aromatic heterocycles. The summed E-state index contributed by atoms with van der Waals surface area (Å²) in [5.74, 6) is 1.27. The minimum atomic E-state index is -0.195. The summed E-state index contributed by atoms with van der Waals surface area (Å²) in [4.78, 5) is 12.0. The number of nitrogens with zero attached hydrogens (tertiary/aromatic N) is 2. The molecule has 0 aliphatic rings. The van der Waals surface area contributed by atoms with Crippen molar-refractivity contribution in [3.8, 4) is 11.8 Å².